The van der Waals surface area contributed by atoms with Crippen LogP contribution in [-0.4, -0.2) is 74.1 Å². The largest absolute Gasteiger partial charge is 0.486 e. The number of likely N-dealkylation sites (tertiary alicyclic amines) is 1. The number of aromatic nitrogens is 3. The van der Waals surface area contributed by atoms with Crippen molar-refractivity contribution < 1.29 is 24.2 Å². The first-order valence-corrected chi connectivity index (χ1v) is 12.3. The van der Waals surface area contributed by atoms with Gasteiger partial charge in [-0.1, -0.05) is 18.2 Å². The molecule has 1 aliphatic heterocycles. The molecular weight excluding hydrogens is 476 g/mol. The van der Waals surface area contributed by atoms with E-state index in [0.717, 1.165) is 0 Å². The second-order valence-electron chi connectivity index (χ2n) is 9.34. The highest BCUT2D eigenvalue weighted by Gasteiger charge is 2.30. The number of carbonyl (C=O) groups is 3. The molecule has 1 aliphatic rings. The SMILES string of the molecule is Cc1nc2c(nc1NC(=O)c1ccccc1)c(OC(C)C)c(C(=O)NC1CCN(C(=O)CO)CC1)n2C. The average molecular weight is 509 g/mol. The van der Waals surface area contributed by atoms with E-state index in [9.17, 15) is 14.4 Å². The Balaban J connectivity index is 1.63. The van der Waals surface area contributed by atoms with E-state index in [1.807, 2.05) is 19.9 Å². The minimum absolute atomic E-state index is 0.136. The summed E-state index contributed by atoms with van der Waals surface area (Å²) in [6.45, 7) is 5.85. The maximum absolute atomic E-state index is 13.5. The Bertz CT molecular complexity index is 1310. The van der Waals surface area contributed by atoms with E-state index >= 15 is 0 Å². The highest BCUT2D eigenvalue weighted by Crippen LogP contribution is 2.33. The Morgan fingerprint density at radius 1 is 1.11 bits per heavy atom. The van der Waals surface area contributed by atoms with Gasteiger partial charge in [-0.3, -0.25) is 14.4 Å². The first-order chi connectivity index (χ1) is 17.7. The number of piperidine rings is 1. The van der Waals surface area contributed by atoms with Gasteiger partial charge in [-0.25, -0.2) is 9.97 Å². The molecule has 0 atom stereocenters. The number of amides is 3. The Kier molecular flexibility index (Phi) is 7.72. The maximum Gasteiger partial charge on any atom is 0.272 e. The molecule has 2 aromatic heterocycles. The van der Waals surface area contributed by atoms with Crippen molar-refractivity contribution in [2.75, 3.05) is 25.0 Å². The monoisotopic (exact) mass is 508 g/mol. The van der Waals surface area contributed by atoms with E-state index in [4.69, 9.17) is 9.84 Å². The third-order valence-corrected chi connectivity index (χ3v) is 6.29. The second kappa shape index (κ2) is 11.0. The molecule has 1 fully saturated rings. The first kappa shape index (κ1) is 26.1. The van der Waals surface area contributed by atoms with Crippen molar-refractivity contribution in [2.45, 2.75) is 45.8 Å². The van der Waals surface area contributed by atoms with Gasteiger partial charge in [0.05, 0.1) is 11.8 Å². The number of aryl methyl sites for hydroxylation is 2. The van der Waals surface area contributed by atoms with Crippen LogP contribution in [0.25, 0.3) is 11.2 Å². The number of benzene rings is 1. The van der Waals surface area contributed by atoms with Crippen LogP contribution in [0.4, 0.5) is 5.82 Å². The molecule has 4 rings (SSSR count). The zero-order chi connectivity index (χ0) is 26.7. The van der Waals surface area contributed by atoms with E-state index in [0.29, 0.717) is 54.1 Å². The van der Waals surface area contributed by atoms with Crippen LogP contribution >= 0.6 is 0 Å². The van der Waals surface area contributed by atoms with Gasteiger partial charge < -0.3 is 29.9 Å². The van der Waals surface area contributed by atoms with E-state index in [2.05, 4.69) is 20.6 Å². The number of anilines is 1. The van der Waals surface area contributed by atoms with Crippen LogP contribution in [0.5, 0.6) is 5.75 Å². The third kappa shape index (κ3) is 5.56. The number of rotatable bonds is 7. The van der Waals surface area contributed by atoms with Gasteiger partial charge in [0, 0.05) is 31.7 Å². The number of ether oxygens (including phenoxy) is 1. The molecule has 1 saturated heterocycles. The molecular formula is C26H32N6O5. The van der Waals surface area contributed by atoms with Crippen LogP contribution in [0.2, 0.25) is 0 Å². The second-order valence-corrected chi connectivity index (χ2v) is 9.34. The Morgan fingerprint density at radius 3 is 2.41 bits per heavy atom. The third-order valence-electron chi connectivity index (χ3n) is 6.29. The van der Waals surface area contributed by atoms with Gasteiger partial charge in [0.1, 0.15) is 6.61 Å². The highest BCUT2D eigenvalue weighted by atomic mass is 16.5. The number of aliphatic hydroxyl groups excluding tert-OH is 1. The molecule has 3 heterocycles. The predicted molar refractivity (Wildman–Crippen MR) is 138 cm³/mol. The molecule has 0 bridgehead atoms. The van der Waals surface area contributed by atoms with Crippen molar-refractivity contribution >= 4 is 34.7 Å². The van der Waals surface area contributed by atoms with Gasteiger partial charge in [0.25, 0.3) is 11.8 Å². The Morgan fingerprint density at radius 2 is 1.78 bits per heavy atom. The fourth-order valence-corrected chi connectivity index (χ4v) is 4.38. The number of aliphatic hydroxyl groups is 1. The fourth-order valence-electron chi connectivity index (χ4n) is 4.38. The highest BCUT2D eigenvalue weighted by molar-refractivity contribution is 6.05. The van der Waals surface area contributed by atoms with E-state index in [-0.39, 0.29) is 41.4 Å². The molecule has 3 amide bonds. The number of hydrogen-bond donors (Lipinski definition) is 3. The van der Waals surface area contributed by atoms with Gasteiger partial charge in [-0.2, -0.15) is 0 Å². The summed E-state index contributed by atoms with van der Waals surface area (Å²) in [5.74, 6) is -0.385. The molecule has 11 nitrogen and oxygen atoms in total. The van der Waals surface area contributed by atoms with Crippen molar-refractivity contribution in [3.05, 3.63) is 47.3 Å². The van der Waals surface area contributed by atoms with Crippen molar-refractivity contribution in [3.8, 4) is 5.75 Å². The summed E-state index contributed by atoms with van der Waals surface area (Å²) in [4.78, 5) is 48.8. The van der Waals surface area contributed by atoms with Gasteiger partial charge in [0.15, 0.2) is 28.4 Å². The van der Waals surface area contributed by atoms with Gasteiger partial charge in [-0.15, -0.1) is 0 Å². The summed E-state index contributed by atoms with van der Waals surface area (Å²) >= 11 is 0. The van der Waals surface area contributed by atoms with Crippen LogP contribution in [0, 0.1) is 6.92 Å². The molecule has 0 aliphatic carbocycles. The minimum atomic E-state index is -0.518. The summed E-state index contributed by atoms with van der Waals surface area (Å²) in [5, 5.41) is 14.9. The quantitative estimate of drug-likeness (QED) is 0.444. The summed E-state index contributed by atoms with van der Waals surface area (Å²) in [7, 11) is 1.73. The number of fused-ring (bicyclic) bond motifs is 1. The van der Waals surface area contributed by atoms with Crippen LogP contribution in [0.3, 0.4) is 0 Å². The van der Waals surface area contributed by atoms with Crippen LogP contribution < -0.4 is 15.4 Å². The van der Waals surface area contributed by atoms with E-state index in [1.165, 1.54) is 0 Å². The van der Waals surface area contributed by atoms with Crippen LogP contribution in [0.15, 0.2) is 30.3 Å². The molecule has 0 saturated carbocycles. The van der Waals surface area contributed by atoms with E-state index < -0.39 is 6.61 Å². The molecule has 3 N–H and O–H groups in total. The van der Waals surface area contributed by atoms with Gasteiger partial charge in [-0.05, 0) is 45.7 Å². The molecule has 0 unspecified atom stereocenters. The number of nitrogens with zero attached hydrogens (tertiary/aromatic N) is 4. The van der Waals surface area contributed by atoms with E-state index in [1.54, 1.807) is 47.7 Å². The lowest BCUT2D eigenvalue weighted by molar-refractivity contribution is -0.135. The summed E-state index contributed by atoms with van der Waals surface area (Å²) in [6.07, 6.45) is 0.912. The number of hydrogen-bond acceptors (Lipinski definition) is 7. The molecule has 0 spiro atoms. The van der Waals surface area contributed by atoms with Crippen molar-refractivity contribution in [1.29, 1.82) is 0 Å². The zero-order valence-corrected chi connectivity index (χ0v) is 21.4. The first-order valence-electron chi connectivity index (χ1n) is 12.3. The lowest BCUT2D eigenvalue weighted by Gasteiger charge is -2.32. The topological polar surface area (TPSA) is 139 Å². The molecule has 37 heavy (non-hydrogen) atoms. The van der Waals surface area contributed by atoms with Crippen molar-refractivity contribution in [1.82, 2.24) is 24.8 Å². The maximum atomic E-state index is 13.5. The summed E-state index contributed by atoms with van der Waals surface area (Å²) in [6, 6.07) is 8.67. The van der Waals surface area contributed by atoms with Crippen molar-refractivity contribution in [3.63, 3.8) is 0 Å². The number of nitrogens with one attached hydrogen (secondary N) is 2. The van der Waals surface area contributed by atoms with Crippen LogP contribution in [-0.2, 0) is 11.8 Å². The predicted octanol–water partition coefficient (Wildman–Crippen LogP) is 2.03. The molecule has 0 radical (unpaired) electrons. The van der Waals surface area contributed by atoms with Crippen LogP contribution in [0.1, 0.15) is 53.2 Å². The minimum Gasteiger partial charge on any atom is -0.486 e. The molecule has 196 valence electrons. The zero-order valence-electron chi connectivity index (χ0n) is 21.4. The Hall–Kier alpha value is -3.99. The number of carbonyl (C=O) groups excluding carboxylic acids is 3. The van der Waals surface area contributed by atoms with Gasteiger partial charge >= 0.3 is 0 Å². The lowest BCUT2D eigenvalue weighted by Crippen LogP contribution is -2.47. The summed E-state index contributed by atoms with van der Waals surface area (Å²) < 4.78 is 7.71. The summed E-state index contributed by atoms with van der Waals surface area (Å²) in [5.41, 5.74) is 2.10. The Labute approximate surface area is 214 Å². The smallest absolute Gasteiger partial charge is 0.272 e. The molecule has 1 aromatic carbocycles. The standard InChI is InChI=1S/C26H32N6O5/c1-15(2)37-22-20-24(27-16(3)23(29-20)30-25(35)17-8-6-5-7-9-17)31(4)21(22)26(36)28-18-10-12-32(13-11-18)19(34)14-33/h5-9,15,18,33H,10-14H2,1-4H3,(H,28,36)(H,29,30,35). The normalized spacial score (nSPS) is 14.2. The average Bonchev–Trinajstić information content (AvgIpc) is 3.14. The molecule has 3 aromatic rings. The lowest BCUT2D eigenvalue weighted by atomic mass is 10.0. The molecule has 11 heteroatoms. The fraction of sp³-hybridized carbons (Fsp3) is 0.423. The van der Waals surface area contributed by atoms with Crippen molar-refractivity contribution in [2.24, 2.45) is 7.05 Å². The van der Waals surface area contributed by atoms with Gasteiger partial charge in [0.2, 0.25) is 5.91 Å².